The van der Waals surface area contributed by atoms with Crippen LogP contribution in [0.15, 0.2) is 97.1 Å². The Hall–Kier alpha value is -3.39. The Morgan fingerprint density at radius 2 is 1.11 bits per heavy atom. The highest BCUT2D eigenvalue weighted by Crippen LogP contribution is 2.30. The van der Waals surface area contributed by atoms with Gasteiger partial charge in [0.2, 0.25) is 0 Å². The van der Waals surface area contributed by atoms with E-state index in [0.29, 0.717) is 6.61 Å². The number of aromatic nitrogens is 1. The van der Waals surface area contributed by atoms with Crippen LogP contribution in [0.3, 0.4) is 0 Å². The molecule has 2 heteroatoms. The second kappa shape index (κ2) is 7.88. The summed E-state index contributed by atoms with van der Waals surface area (Å²) in [5.74, 6) is 0.891. The number of hydrogen-bond donors (Lipinski definition) is 0. The Morgan fingerprint density at radius 3 is 1.59 bits per heavy atom. The lowest BCUT2D eigenvalue weighted by molar-refractivity contribution is 0.340. The quantitative estimate of drug-likeness (QED) is 0.410. The van der Waals surface area contributed by atoms with Crippen LogP contribution >= 0.6 is 0 Å². The van der Waals surface area contributed by atoms with Crippen molar-refractivity contribution in [2.45, 2.75) is 6.92 Å². The first kappa shape index (κ1) is 17.0. The number of rotatable bonds is 5. The van der Waals surface area contributed by atoms with Gasteiger partial charge in [-0.2, -0.15) is 0 Å². The summed E-state index contributed by atoms with van der Waals surface area (Å²) in [7, 11) is 0. The predicted octanol–water partition coefficient (Wildman–Crippen LogP) is 6.48. The Kier molecular flexibility index (Phi) is 4.97. The van der Waals surface area contributed by atoms with Crippen molar-refractivity contribution in [1.82, 2.24) is 4.98 Å². The lowest BCUT2D eigenvalue weighted by Crippen LogP contribution is -1.92. The monoisotopic (exact) mass is 351 g/mol. The lowest BCUT2D eigenvalue weighted by Gasteiger charge is -2.11. The zero-order chi connectivity index (χ0) is 18.5. The van der Waals surface area contributed by atoms with Crippen molar-refractivity contribution in [2.75, 3.05) is 6.61 Å². The van der Waals surface area contributed by atoms with Crippen LogP contribution in [0.4, 0.5) is 0 Å². The van der Waals surface area contributed by atoms with Crippen LogP contribution < -0.4 is 4.74 Å². The van der Waals surface area contributed by atoms with Crippen molar-refractivity contribution in [1.29, 1.82) is 0 Å². The molecule has 0 saturated carbocycles. The van der Waals surface area contributed by atoms with E-state index in [0.717, 1.165) is 39.4 Å². The second-order valence-electron chi connectivity index (χ2n) is 6.32. The maximum atomic E-state index is 5.57. The fourth-order valence-corrected chi connectivity index (χ4v) is 3.12. The van der Waals surface area contributed by atoms with E-state index in [9.17, 15) is 0 Å². The molecule has 4 aromatic rings. The molecule has 0 atom stereocenters. The summed E-state index contributed by atoms with van der Waals surface area (Å²) in [6.45, 7) is 2.67. The molecule has 0 amide bonds. The predicted molar refractivity (Wildman–Crippen MR) is 112 cm³/mol. The van der Waals surface area contributed by atoms with E-state index >= 15 is 0 Å². The molecule has 132 valence electrons. The van der Waals surface area contributed by atoms with E-state index < -0.39 is 0 Å². The Labute approximate surface area is 160 Å². The van der Waals surface area contributed by atoms with Gasteiger partial charge >= 0.3 is 0 Å². The zero-order valence-electron chi connectivity index (χ0n) is 15.3. The van der Waals surface area contributed by atoms with Crippen molar-refractivity contribution in [3.63, 3.8) is 0 Å². The Balaban J connectivity index is 1.83. The summed E-state index contributed by atoms with van der Waals surface area (Å²) in [5, 5.41) is 0. The van der Waals surface area contributed by atoms with Gasteiger partial charge in [0.1, 0.15) is 5.75 Å². The first-order valence-electron chi connectivity index (χ1n) is 9.19. The van der Waals surface area contributed by atoms with Crippen LogP contribution in [0.2, 0.25) is 0 Å². The van der Waals surface area contributed by atoms with Crippen molar-refractivity contribution in [2.24, 2.45) is 0 Å². The van der Waals surface area contributed by atoms with Crippen LogP contribution in [-0.2, 0) is 0 Å². The molecule has 1 heterocycles. The normalized spacial score (nSPS) is 10.6. The van der Waals surface area contributed by atoms with E-state index in [1.54, 1.807) is 0 Å². The Morgan fingerprint density at radius 1 is 0.593 bits per heavy atom. The molecule has 2 nitrogen and oxygen atoms in total. The highest BCUT2D eigenvalue weighted by atomic mass is 16.5. The molecule has 0 N–H and O–H groups in total. The van der Waals surface area contributed by atoms with E-state index in [4.69, 9.17) is 9.72 Å². The van der Waals surface area contributed by atoms with Crippen LogP contribution in [-0.4, -0.2) is 11.6 Å². The topological polar surface area (TPSA) is 22.1 Å². The van der Waals surface area contributed by atoms with Crippen LogP contribution in [0.25, 0.3) is 33.6 Å². The number of hydrogen-bond acceptors (Lipinski definition) is 2. The first-order chi connectivity index (χ1) is 13.3. The number of ether oxygens (including phenoxy) is 1. The van der Waals surface area contributed by atoms with Crippen molar-refractivity contribution in [3.8, 4) is 39.4 Å². The van der Waals surface area contributed by atoms with Crippen molar-refractivity contribution >= 4 is 0 Å². The molecule has 0 aliphatic rings. The molecule has 27 heavy (non-hydrogen) atoms. The molecule has 0 aliphatic carbocycles. The van der Waals surface area contributed by atoms with Gasteiger partial charge in [0.05, 0.1) is 18.0 Å². The molecule has 0 saturated heterocycles. The lowest BCUT2D eigenvalue weighted by atomic mass is 10.00. The maximum absolute atomic E-state index is 5.57. The molecule has 0 radical (unpaired) electrons. The zero-order valence-corrected chi connectivity index (χ0v) is 15.3. The third kappa shape index (κ3) is 3.90. The molecule has 4 rings (SSSR count). The van der Waals surface area contributed by atoms with Gasteiger partial charge in [0, 0.05) is 11.1 Å². The average molecular weight is 351 g/mol. The smallest absolute Gasteiger partial charge is 0.119 e. The van der Waals surface area contributed by atoms with Crippen molar-refractivity contribution in [3.05, 3.63) is 97.1 Å². The van der Waals surface area contributed by atoms with Gasteiger partial charge in [0.25, 0.3) is 0 Å². The molecule has 0 fully saturated rings. The van der Waals surface area contributed by atoms with Crippen LogP contribution in [0, 0.1) is 0 Å². The van der Waals surface area contributed by atoms with Crippen molar-refractivity contribution < 1.29 is 4.74 Å². The van der Waals surface area contributed by atoms with E-state index in [1.807, 2.05) is 55.5 Å². The summed E-state index contributed by atoms with van der Waals surface area (Å²) >= 11 is 0. The van der Waals surface area contributed by atoms with Crippen LogP contribution in [0.1, 0.15) is 6.92 Å². The first-order valence-corrected chi connectivity index (χ1v) is 9.19. The largest absolute Gasteiger partial charge is 0.494 e. The standard InChI is InChI=1S/C25H21NO/c1-2-27-23-15-13-19(14-16-23)22-17-24(20-9-5-3-6-10-20)26-25(18-22)21-11-7-4-8-12-21/h3-18H,2H2,1H3. The molecule has 1 aromatic heterocycles. The molecule has 0 unspecified atom stereocenters. The van der Waals surface area contributed by atoms with Gasteiger partial charge < -0.3 is 4.74 Å². The minimum absolute atomic E-state index is 0.672. The number of benzene rings is 3. The fraction of sp³-hybridized carbons (Fsp3) is 0.0800. The molecule has 3 aromatic carbocycles. The summed E-state index contributed by atoms with van der Waals surface area (Å²) in [4.78, 5) is 4.92. The highest BCUT2D eigenvalue weighted by molar-refractivity contribution is 5.76. The van der Waals surface area contributed by atoms with E-state index in [-0.39, 0.29) is 0 Å². The van der Waals surface area contributed by atoms with Gasteiger partial charge in [-0.3, -0.25) is 0 Å². The van der Waals surface area contributed by atoms with Gasteiger partial charge in [-0.15, -0.1) is 0 Å². The summed E-state index contributed by atoms with van der Waals surface area (Å²) in [5.41, 5.74) is 6.47. The van der Waals surface area contributed by atoms with E-state index in [2.05, 4.69) is 48.5 Å². The second-order valence-corrected chi connectivity index (χ2v) is 6.32. The third-order valence-electron chi connectivity index (χ3n) is 4.46. The molecular formula is C25H21NO. The minimum Gasteiger partial charge on any atom is -0.494 e. The Bertz CT molecular complexity index is 951. The van der Waals surface area contributed by atoms with Gasteiger partial charge in [-0.05, 0) is 42.3 Å². The molecule has 0 bridgehead atoms. The van der Waals surface area contributed by atoms with E-state index in [1.165, 1.54) is 0 Å². The fourth-order valence-electron chi connectivity index (χ4n) is 3.12. The minimum atomic E-state index is 0.672. The van der Waals surface area contributed by atoms with Gasteiger partial charge in [0.15, 0.2) is 0 Å². The maximum Gasteiger partial charge on any atom is 0.119 e. The van der Waals surface area contributed by atoms with Crippen LogP contribution in [0.5, 0.6) is 5.75 Å². The summed E-state index contributed by atoms with van der Waals surface area (Å²) < 4.78 is 5.57. The third-order valence-corrected chi connectivity index (χ3v) is 4.46. The number of pyridine rings is 1. The highest BCUT2D eigenvalue weighted by Gasteiger charge is 2.09. The number of nitrogens with zero attached hydrogens (tertiary/aromatic N) is 1. The van der Waals surface area contributed by atoms with Gasteiger partial charge in [-0.1, -0.05) is 72.8 Å². The average Bonchev–Trinajstić information content (AvgIpc) is 2.75. The molecular weight excluding hydrogens is 330 g/mol. The summed E-state index contributed by atoms with van der Waals surface area (Å²) in [6.07, 6.45) is 0. The molecule has 0 aliphatic heterocycles. The summed E-state index contributed by atoms with van der Waals surface area (Å²) in [6, 6.07) is 33.2. The SMILES string of the molecule is CCOc1ccc(-c2cc(-c3ccccc3)nc(-c3ccccc3)c2)cc1. The van der Waals surface area contributed by atoms with Gasteiger partial charge in [-0.25, -0.2) is 4.98 Å². The molecule has 0 spiro atoms.